The zero-order valence-corrected chi connectivity index (χ0v) is 10.0. The molecule has 5 nitrogen and oxygen atoms in total. The van der Waals surface area contributed by atoms with Crippen molar-refractivity contribution in [2.45, 2.75) is 37.4 Å². The summed E-state index contributed by atoms with van der Waals surface area (Å²) in [5, 5.41) is 15.8. The average molecular weight is 247 g/mol. The third kappa shape index (κ3) is 1.90. The van der Waals surface area contributed by atoms with Crippen molar-refractivity contribution in [2.24, 2.45) is 0 Å². The summed E-state index contributed by atoms with van der Waals surface area (Å²) in [6.07, 6.45) is 3.35. The molecule has 3 rings (SSSR count). The highest BCUT2D eigenvalue weighted by Gasteiger charge is 2.39. The van der Waals surface area contributed by atoms with Gasteiger partial charge in [-0.05, 0) is 37.5 Å². The molecule has 2 aliphatic rings. The summed E-state index contributed by atoms with van der Waals surface area (Å²) in [7, 11) is 0. The van der Waals surface area contributed by atoms with Gasteiger partial charge in [0.25, 0.3) is 5.91 Å². The second-order valence-electron chi connectivity index (χ2n) is 5.14. The van der Waals surface area contributed by atoms with E-state index in [1.54, 1.807) is 6.07 Å². The van der Waals surface area contributed by atoms with Crippen LogP contribution in [0.1, 0.15) is 29.6 Å². The van der Waals surface area contributed by atoms with Gasteiger partial charge in [0.15, 0.2) is 0 Å². The van der Waals surface area contributed by atoms with Gasteiger partial charge in [0.05, 0.1) is 5.69 Å². The van der Waals surface area contributed by atoms with Crippen LogP contribution in [-0.2, 0) is 0 Å². The Kier molecular flexibility index (Phi) is 2.63. The van der Waals surface area contributed by atoms with Crippen LogP contribution in [0.25, 0.3) is 0 Å². The number of phenolic OH excluding ortho intramolecular Hbond substituents is 1. The molecule has 2 fully saturated rings. The van der Waals surface area contributed by atoms with Crippen LogP contribution in [0.15, 0.2) is 18.2 Å². The molecule has 0 spiro atoms. The Balaban J connectivity index is 1.69. The number of carbonyl (C=O) groups excluding carboxylic acids is 1. The topological polar surface area (TPSA) is 87.4 Å². The molecule has 0 unspecified atom stereocenters. The van der Waals surface area contributed by atoms with Crippen molar-refractivity contribution in [3.05, 3.63) is 23.8 Å². The fraction of sp³-hybridized carbons (Fsp3) is 0.462. The number of nitrogen functional groups attached to an aromatic ring is 1. The monoisotopic (exact) mass is 247 g/mol. The lowest BCUT2D eigenvalue weighted by Gasteiger charge is -2.21. The maximum atomic E-state index is 12.1. The predicted octanol–water partition coefficient (Wildman–Crippen LogP) is 0.597. The van der Waals surface area contributed by atoms with E-state index in [1.807, 2.05) is 0 Å². The van der Waals surface area contributed by atoms with E-state index in [9.17, 15) is 9.90 Å². The van der Waals surface area contributed by atoms with Gasteiger partial charge in [-0.25, -0.2) is 0 Å². The van der Waals surface area contributed by atoms with Crippen molar-refractivity contribution < 1.29 is 9.90 Å². The molecule has 18 heavy (non-hydrogen) atoms. The van der Waals surface area contributed by atoms with Crippen LogP contribution in [0.2, 0.25) is 0 Å². The number of carbonyl (C=O) groups is 1. The van der Waals surface area contributed by atoms with Gasteiger partial charge in [-0.15, -0.1) is 0 Å². The van der Waals surface area contributed by atoms with Crippen LogP contribution in [0, 0.1) is 0 Å². The molecule has 2 heterocycles. The summed E-state index contributed by atoms with van der Waals surface area (Å²) >= 11 is 0. The fourth-order valence-electron chi connectivity index (χ4n) is 2.93. The number of amides is 1. The predicted molar refractivity (Wildman–Crippen MR) is 68.3 cm³/mol. The molecular weight excluding hydrogens is 230 g/mol. The Labute approximate surface area is 105 Å². The van der Waals surface area contributed by atoms with Crippen molar-refractivity contribution >= 4 is 11.6 Å². The molecule has 5 heteroatoms. The van der Waals surface area contributed by atoms with Gasteiger partial charge >= 0.3 is 0 Å². The molecule has 0 radical (unpaired) electrons. The summed E-state index contributed by atoms with van der Waals surface area (Å²) in [5.41, 5.74) is 6.31. The van der Waals surface area contributed by atoms with E-state index in [0.29, 0.717) is 17.6 Å². The molecule has 96 valence electrons. The van der Waals surface area contributed by atoms with Crippen LogP contribution in [-0.4, -0.2) is 29.1 Å². The van der Waals surface area contributed by atoms with E-state index >= 15 is 0 Å². The lowest BCUT2D eigenvalue weighted by atomic mass is 9.95. The molecule has 1 aromatic carbocycles. The minimum Gasteiger partial charge on any atom is -0.506 e. The van der Waals surface area contributed by atoms with Gasteiger partial charge in [0.1, 0.15) is 5.75 Å². The Morgan fingerprint density at radius 3 is 2.89 bits per heavy atom. The van der Waals surface area contributed by atoms with Gasteiger partial charge in [0, 0.05) is 23.7 Å². The minimum atomic E-state index is -0.124. The second kappa shape index (κ2) is 4.17. The van der Waals surface area contributed by atoms with Crippen molar-refractivity contribution in [3.8, 4) is 5.75 Å². The summed E-state index contributed by atoms with van der Waals surface area (Å²) in [5.74, 6) is -0.116. The molecule has 0 aromatic heterocycles. The maximum Gasteiger partial charge on any atom is 0.251 e. The number of anilines is 1. The second-order valence-corrected chi connectivity index (χ2v) is 5.14. The fourth-order valence-corrected chi connectivity index (χ4v) is 2.93. The van der Waals surface area contributed by atoms with Gasteiger partial charge in [-0.3, -0.25) is 4.79 Å². The zero-order chi connectivity index (χ0) is 12.7. The SMILES string of the molecule is Nc1cc(C(=O)N[C@@H]2C[C@H]3CC[C@@H]2N3)ccc1O. The molecule has 1 amide bonds. The van der Waals surface area contributed by atoms with E-state index < -0.39 is 0 Å². The number of rotatable bonds is 2. The highest BCUT2D eigenvalue weighted by atomic mass is 16.3. The third-order valence-electron chi connectivity index (χ3n) is 3.91. The molecule has 2 saturated heterocycles. The van der Waals surface area contributed by atoms with E-state index in [2.05, 4.69) is 10.6 Å². The van der Waals surface area contributed by atoms with E-state index in [1.165, 1.54) is 18.6 Å². The molecule has 2 bridgehead atoms. The highest BCUT2D eigenvalue weighted by Crippen LogP contribution is 2.28. The quantitative estimate of drug-likeness (QED) is 0.455. The third-order valence-corrected chi connectivity index (χ3v) is 3.91. The molecule has 0 saturated carbocycles. The van der Waals surface area contributed by atoms with Crippen LogP contribution < -0.4 is 16.4 Å². The first-order chi connectivity index (χ1) is 8.63. The minimum absolute atomic E-state index is 0.00754. The van der Waals surface area contributed by atoms with E-state index in [0.717, 1.165) is 12.8 Å². The Hall–Kier alpha value is -1.75. The average Bonchev–Trinajstić information content (AvgIpc) is 2.94. The summed E-state index contributed by atoms with van der Waals surface area (Å²) in [6, 6.07) is 5.72. The number of hydrogen-bond acceptors (Lipinski definition) is 4. The Morgan fingerprint density at radius 2 is 2.28 bits per heavy atom. The van der Waals surface area contributed by atoms with Gasteiger partial charge in [-0.2, -0.15) is 0 Å². The zero-order valence-electron chi connectivity index (χ0n) is 10.0. The Bertz CT molecular complexity index is 489. The lowest BCUT2D eigenvalue weighted by molar-refractivity contribution is 0.0931. The molecule has 2 aliphatic heterocycles. The standard InChI is InChI=1S/C13H17N3O2/c14-9-5-7(1-4-12(9)17)13(18)16-11-6-8-2-3-10(11)15-8/h1,4-5,8,10-11,15,17H,2-3,6,14H2,(H,16,18)/t8-,10+,11-/m1/s1. The van der Waals surface area contributed by atoms with Crippen LogP contribution >= 0.6 is 0 Å². The van der Waals surface area contributed by atoms with Gasteiger partial charge < -0.3 is 21.5 Å². The summed E-state index contributed by atoms with van der Waals surface area (Å²) in [4.78, 5) is 12.1. The number of benzene rings is 1. The molecule has 0 aliphatic carbocycles. The van der Waals surface area contributed by atoms with Crippen LogP contribution in [0.3, 0.4) is 0 Å². The summed E-state index contributed by atoms with van der Waals surface area (Å²) in [6.45, 7) is 0. The van der Waals surface area contributed by atoms with Crippen molar-refractivity contribution in [2.75, 3.05) is 5.73 Å². The van der Waals surface area contributed by atoms with Crippen molar-refractivity contribution in [1.82, 2.24) is 10.6 Å². The van der Waals surface area contributed by atoms with Crippen LogP contribution in [0.5, 0.6) is 5.75 Å². The van der Waals surface area contributed by atoms with Crippen molar-refractivity contribution in [3.63, 3.8) is 0 Å². The first-order valence-electron chi connectivity index (χ1n) is 6.29. The number of nitrogens with one attached hydrogen (secondary N) is 2. The maximum absolute atomic E-state index is 12.1. The molecule has 5 N–H and O–H groups in total. The first-order valence-corrected chi connectivity index (χ1v) is 6.29. The van der Waals surface area contributed by atoms with E-state index in [4.69, 9.17) is 5.73 Å². The number of nitrogens with two attached hydrogens (primary N) is 1. The highest BCUT2D eigenvalue weighted by molar-refractivity contribution is 5.95. The largest absolute Gasteiger partial charge is 0.506 e. The van der Waals surface area contributed by atoms with Gasteiger partial charge in [0.2, 0.25) is 0 Å². The number of fused-ring (bicyclic) bond motifs is 2. The smallest absolute Gasteiger partial charge is 0.251 e. The number of aromatic hydroxyl groups is 1. The molecular formula is C13H17N3O2. The summed E-state index contributed by atoms with van der Waals surface area (Å²) < 4.78 is 0. The normalized spacial score (nSPS) is 29.4. The number of phenols is 1. The number of hydrogen-bond donors (Lipinski definition) is 4. The lowest BCUT2D eigenvalue weighted by Crippen LogP contribution is -2.42. The molecule has 1 aromatic rings. The van der Waals surface area contributed by atoms with Gasteiger partial charge in [-0.1, -0.05) is 0 Å². The van der Waals surface area contributed by atoms with Crippen molar-refractivity contribution in [1.29, 1.82) is 0 Å². The van der Waals surface area contributed by atoms with E-state index in [-0.39, 0.29) is 23.4 Å². The van der Waals surface area contributed by atoms with Crippen LogP contribution in [0.4, 0.5) is 5.69 Å². The Morgan fingerprint density at radius 1 is 1.44 bits per heavy atom. The first kappa shape index (κ1) is 11.3. The molecule has 3 atom stereocenters.